The minimum absolute atomic E-state index is 0.418. The van der Waals surface area contributed by atoms with Gasteiger partial charge in [-0.2, -0.15) is 0 Å². The molecule has 0 unspecified atom stereocenters. The number of rotatable bonds is 2. The molecule has 0 aliphatic heterocycles. The van der Waals surface area contributed by atoms with Gasteiger partial charge in [-0.1, -0.05) is 29.8 Å². The van der Waals surface area contributed by atoms with Crippen LogP contribution in [-0.2, 0) is 0 Å². The molecule has 2 aromatic carbocycles. The summed E-state index contributed by atoms with van der Waals surface area (Å²) >= 11 is 5.91. The highest BCUT2D eigenvalue weighted by molar-refractivity contribution is 6.30. The number of pyridine rings is 1. The number of nitrogens with zero attached hydrogens (tertiary/aromatic N) is 1. The van der Waals surface area contributed by atoms with E-state index in [1.54, 1.807) is 6.92 Å². The highest BCUT2D eigenvalue weighted by atomic mass is 35.5. The van der Waals surface area contributed by atoms with Gasteiger partial charge >= 0.3 is 0 Å². The molecule has 104 valence electrons. The molecule has 0 fully saturated rings. The third kappa shape index (κ3) is 3.03. The van der Waals surface area contributed by atoms with Crippen molar-refractivity contribution < 1.29 is 0 Å². The molecule has 0 amide bonds. The van der Waals surface area contributed by atoms with Crippen LogP contribution in [0.4, 0.5) is 5.69 Å². The molecular weight excluding hydrogens is 282 g/mol. The van der Waals surface area contributed by atoms with E-state index in [4.69, 9.17) is 17.0 Å². The highest BCUT2D eigenvalue weighted by Gasteiger charge is 2.03. The van der Waals surface area contributed by atoms with Gasteiger partial charge in [0.2, 0.25) is 0 Å². The molecule has 2 N–H and O–H groups in total. The normalized spacial score (nSPS) is 10.6. The maximum atomic E-state index is 7.50. The van der Waals surface area contributed by atoms with Gasteiger partial charge in [-0.15, -0.1) is 0 Å². The number of fused-ring (bicyclic) bond motifs is 1. The summed E-state index contributed by atoms with van der Waals surface area (Å²) in [6, 6.07) is 15.7. The first-order chi connectivity index (χ1) is 10.1. The van der Waals surface area contributed by atoms with Crippen LogP contribution in [-0.4, -0.2) is 10.8 Å². The predicted molar refractivity (Wildman–Crippen MR) is 89.2 cm³/mol. The average molecular weight is 296 g/mol. The number of hydrogen-bond donors (Lipinski definition) is 2. The summed E-state index contributed by atoms with van der Waals surface area (Å²) < 4.78 is 0. The van der Waals surface area contributed by atoms with Crippen LogP contribution in [0.25, 0.3) is 22.0 Å². The van der Waals surface area contributed by atoms with E-state index in [0.717, 1.165) is 27.7 Å². The molecule has 0 radical (unpaired) electrons. The van der Waals surface area contributed by atoms with Gasteiger partial charge in [0.05, 0.1) is 11.5 Å². The molecule has 3 aromatic rings. The van der Waals surface area contributed by atoms with E-state index in [0.29, 0.717) is 10.9 Å². The highest BCUT2D eigenvalue weighted by Crippen LogP contribution is 2.25. The summed E-state index contributed by atoms with van der Waals surface area (Å²) in [6.07, 6.45) is 1.86. The van der Waals surface area contributed by atoms with Gasteiger partial charge < -0.3 is 5.32 Å². The first-order valence-electron chi connectivity index (χ1n) is 6.60. The molecule has 1 heterocycles. The number of anilines is 1. The standard InChI is InChI=1S/C17H14ClN3/c1-11(19)21-16-7-4-13-10-20-17(9-14(13)8-16)12-2-5-15(18)6-3-12/h2-10H,1H3,(H2,19,21). The monoisotopic (exact) mass is 295 g/mol. The van der Waals surface area contributed by atoms with Crippen molar-refractivity contribution in [3.63, 3.8) is 0 Å². The van der Waals surface area contributed by atoms with Crippen molar-refractivity contribution in [3.8, 4) is 11.3 Å². The number of aromatic nitrogens is 1. The Labute approximate surface area is 128 Å². The first kappa shape index (κ1) is 13.6. The number of halogens is 1. The molecule has 0 atom stereocenters. The Morgan fingerprint density at radius 2 is 1.81 bits per heavy atom. The van der Waals surface area contributed by atoms with Crippen LogP contribution < -0.4 is 5.32 Å². The van der Waals surface area contributed by atoms with Gasteiger partial charge in [-0.3, -0.25) is 10.4 Å². The van der Waals surface area contributed by atoms with Crippen molar-refractivity contribution in [1.29, 1.82) is 5.41 Å². The smallest absolute Gasteiger partial charge is 0.0944 e. The number of nitrogens with one attached hydrogen (secondary N) is 2. The van der Waals surface area contributed by atoms with Crippen molar-refractivity contribution in [2.75, 3.05) is 5.32 Å². The molecule has 4 heteroatoms. The SMILES string of the molecule is CC(=N)Nc1ccc2cnc(-c3ccc(Cl)cc3)cc2c1. The fourth-order valence-electron chi connectivity index (χ4n) is 2.21. The molecule has 0 saturated heterocycles. The molecule has 3 nitrogen and oxygen atoms in total. The summed E-state index contributed by atoms with van der Waals surface area (Å²) in [5.41, 5.74) is 2.84. The minimum atomic E-state index is 0.418. The maximum Gasteiger partial charge on any atom is 0.0944 e. The summed E-state index contributed by atoms with van der Waals surface area (Å²) in [7, 11) is 0. The van der Waals surface area contributed by atoms with E-state index in [1.165, 1.54) is 0 Å². The van der Waals surface area contributed by atoms with E-state index in [1.807, 2.05) is 54.7 Å². The van der Waals surface area contributed by atoms with Gasteiger partial charge in [0.1, 0.15) is 0 Å². The molecule has 0 aliphatic rings. The van der Waals surface area contributed by atoms with E-state index in [-0.39, 0.29) is 0 Å². The zero-order valence-corrected chi connectivity index (χ0v) is 12.3. The second kappa shape index (κ2) is 5.54. The Kier molecular flexibility index (Phi) is 3.59. The number of amidine groups is 1. The van der Waals surface area contributed by atoms with Gasteiger partial charge in [0.25, 0.3) is 0 Å². The zero-order valence-electron chi connectivity index (χ0n) is 11.5. The van der Waals surface area contributed by atoms with Gasteiger partial charge in [0, 0.05) is 27.9 Å². The van der Waals surface area contributed by atoms with Gasteiger partial charge in [0.15, 0.2) is 0 Å². The second-order valence-electron chi connectivity index (χ2n) is 4.89. The predicted octanol–water partition coefficient (Wildman–Crippen LogP) is 4.96. The summed E-state index contributed by atoms with van der Waals surface area (Å²) in [6.45, 7) is 1.72. The van der Waals surface area contributed by atoms with Crippen LogP contribution in [0.15, 0.2) is 54.7 Å². The molecule has 0 aliphatic carbocycles. The number of benzene rings is 2. The molecule has 21 heavy (non-hydrogen) atoms. The van der Waals surface area contributed by atoms with E-state index in [2.05, 4.69) is 10.3 Å². The van der Waals surface area contributed by atoms with Crippen LogP contribution in [0.2, 0.25) is 5.02 Å². The molecule has 1 aromatic heterocycles. The second-order valence-corrected chi connectivity index (χ2v) is 5.32. The van der Waals surface area contributed by atoms with Crippen LogP contribution in [0.1, 0.15) is 6.92 Å². The van der Waals surface area contributed by atoms with Crippen LogP contribution in [0.3, 0.4) is 0 Å². The largest absolute Gasteiger partial charge is 0.344 e. The lowest BCUT2D eigenvalue weighted by Gasteiger charge is -2.07. The Morgan fingerprint density at radius 3 is 2.52 bits per heavy atom. The Hall–Kier alpha value is -2.39. The Morgan fingerprint density at radius 1 is 1.05 bits per heavy atom. The fourth-order valence-corrected chi connectivity index (χ4v) is 2.34. The molecule has 0 saturated carbocycles. The number of hydrogen-bond acceptors (Lipinski definition) is 2. The maximum absolute atomic E-state index is 7.50. The van der Waals surface area contributed by atoms with Crippen molar-refractivity contribution in [3.05, 3.63) is 59.8 Å². The van der Waals surface area contributed by atoms with E-state index < -0.39 is 0 Å². The van der Waals surface area contributed by atoms with E-state index in [9.17, 15) is 0 Å². The lowest BCUT2D eigenvalue weighted by atomic mass is 10.1. The van der Waals surface area contributed by atoms with Crippen LogP contribution in [0.5, 0.6) is 0 Å². The third-order valence-electron chi connectivity index (χ3n) is 3.19. The van der Waals surface area contributed by atoms with Gasteiger partial charge in [-0.25, -0.2) is 0 Å². The van der Waals surface area contributed by atoms with Gasteiger partial charge in [-0.05, 0) is 42.6 Å². The minimum Gasteiger partial charge on any atom is -0.344 e. The molecule has 0 bridgehead atoms. The lowest BCUT2D eigenvalue weighted by Crippen LogP contribution is -2.04. The first-order valence-corrected chi connectivity index (χ1v) is 6.97. The van der Waals surface area contributed by atoms with E-state index >= 15 is 0 Å². The molecular formula is C17H14ClN3. The average Bonchev–Trinajstić information content (AvgIpc) is 2.46. The van der Waals surface area contributed by atoms with Crippen molar-refractivity contribution in [1.82, 2.24) is 4.98 Å². The fraction of sp³-hybridized carbons (Fsp3) is 0.0588. The lowest BCUT2D eigenvalue weighted by molar-refractivity contribution is 1.36. The Balaban J connectivity index is 2.05. The van der Waals surface area contributed by atoms with Crippen molar-refractivity contribution >= 4 is 33.9 Å². The molecule has 3 rings (SSSR count). The third-order valence-corrected chi connectivity index (χ3v) is 3.45. The molecule has 0 spiro atoms. The topological polar surface area (TPSA) is 48.8 Å². The van der Waals surface area contributed by atoms with Crippen LogP contribution in [0, 0.1) is 5.41 Å². The summed E-state index contributed by atoms with van der Waals surface area (Å²) in [5, 5.41) is 13.4. The summed E-state index contributed by atoms with van der Waals surface area (Å²) in [4.78, 5) is 4.49. The Bertz CT molecular complexity index is 810. The van der Waals surface area contributed by atoms with Crippen molar-refractivity contribution in [2.45, 2.75) is 6.92 Å². The zero-order chi connectivity index (χ0) is 14.8. The van der Waals surface area contributed by atoms with Crippen LogP contribution >= 0.6 is 11.6 Å². The summed E-state index contributed by atoms with van der Waals surface area (Å²) in [5.74, 6) is 0.418. The van der Waals surface area contributed by atoms with Crippen molar-refractivity contribution in [2.24, 2.45) is 0 Å². The quantitative estimate of drug-likeness (QED) is 0.518.